The molecule has 0 aliphatic carbocycles. The van der Waals surface area contributed by atoms with Crippen molar-refractivity contribution in [1.82, 2.24) is 9.97 Å². The lowest BCUT2D eigenvalue weighted by atomic mass is 10.2. The maximum absolute atomic E-state index is 12.4. The van der Waals surface area contributed by atoms with E-state index in [1.165, 1.54) is 12.3 Å². The van der Waals surface area contributed by atoms with E-state index >= 15 is 0 Å². The quantitative estimate of drug-likeness (QED) is 0.777. The molecule has 0 amide bonds. The third-order valence-electron chi connectivity index (χ3n) is 1.80. The first kappa shape index (κ1) is 9.51. The van der Waals surface area contributed by atoms with Gasteiger partial charge in [0.1, 0.15) is 5.65 Å². The summed E-state index contributed by atoms with van der Waals surface area (Å²) in [7, 11) is 0. The molecule has 0 aliphatic heterocycles. The van der Waals surface area contributed by atoms with Crippen LogP contribution in [0.15, 0.2) is 22.9 Å². The molecule has 0 unspecified atom stereocenters. The zero-order valence-corrected chi connectivity index (χ0v) is 8.28. The fraction of sp³-hybridized carbons (Fsp3) is 0.125. The van der Waals surface area contributed by atoms with Crippen molar-refractivity contribution < 1.29 is 13.2 Å². The molecule has 1 N–H and O–H groups in total. The van der Waals surface area contributed by atoms with Gasteiger partial charge in [0.05, 0.1) is 5.56 Å². The standard InChI is InChI=1S/C8H4BrF3N2/c9-4-1-5-6(8(10,11)12)3-14-7(5)13-2-4/h1-3H,(H,13,14). The summed E-state index contributed by atoms with van der Waals surface area (Å²) in [6.45, 7) is 0. The third-order valence-corrected chi connectivity index (χ3v) is 2.24. The summed E-state index contributed by atoms with van der Waals surface area (Å²) in [5.41, 5.74) is -0.457. The first-order valence-electron chi connectivity index (χ1n) is 3.68. The van der Waals surface area contributed by atoms with Crippen molar-refractivity contribution >= 4 is 27.0 Å². The van der Waals surface area contributed by atoms with Crippen LogP contribution < -0.4 is 0 Å². The van der Waals surface area contributed by atoms with Crippen molar-refractivity contribution in [2.75, 3.05) is 0 Å². The van der Waals surface area contributed by atoms with Crippen molar-refractivity contribution in [3.63, 3.8) is 0 Å². The van der Waals surface area contributed by atoms with E-state index in [0.29, 0.717) is 4.47 Å². The fourth-order valence-corrected chi connectivity index (χ4v) is 1.54. The first-order chi connectivity index (χ1) is 6.48. The molecule has 0 fully saturated rings. The summed E-state index contributed by atoms with van der Waals surface area (Å²) in [5.74, 6) is 0. The number of nitrogens with one attached hydrogen (secondary N) is 1. The van der Waals surface area contributed by atoms with Crippen LogP contribution in [0.4, 0.5) is 13.2 Å². The number of rotatable bonds is 0. The summed E-state index contributed by atoms with van der Waals surface area (Å²) >= 11 is 3.07. The molecule has 0 saturated heterocycles. The monoisotopic (exact) mass is 264 g/mol. The van der Waals surface area contributed by atoms with E-state index in [1.807, 2.05) is 0 Å². The summed E-state index contributed by atoms with van der Waals surface area (Å²) in [5, 5.41) is 0.0758. The molecule has 2 nitrogen and oxygen atoms in total. The minimum absolute atomic E-state index is 0.0758. The zero-order valence-electron chi connectivity index (χ0n) is 6.69. The van der Waals surface area contributed by atoms with E-state index in [2.05, 4.69) is 25.9 Å². The molecule has 2 heterocycles. The number of nitrogens with zero attached hydrogens (tertiary/aromatic N) is 1. The summed E-state index contributed by atoms with van der Waals surface area (Å²) in [6, 6.07) is 1.39. The van der Waals surface area contributed by atoms with Gasteiger partial charge in [0, 0.05) is 22.3 Å². The first-order valence-corrected chi connectivity index (χ1v) is 4.47. The maximum Gasteiger partial charge on any atom is 0.418 e. The minimum Gasteiger partial charge on any atom is -0.346 e. The number of hydrogen-bond acceptors (Lipinski definition) is 1. The Balaban J connectivity index is 2.73. The minimum atomic E-state index is -4.35. The van der Waals surface area contributed by atoms with Crippen LogP contribution in [0.2, 0.25) is 0 Å². The van der Waals surface area contributed by atoms with Gasteiger partial charge in [0.15, 0.2) is 0 Å². The van der Waals surface area contributed by atoms with Crippen molar-refractivity contribution in [3.8, 4) is 0 Å². The second kappa shape index (κ2) is 2.98. The van der Waals surface area contributed by atoms with Crippen molar-refractivity contribution in [1.29, 1.82) is 0 Å². The number of fused-ring (bicyclic) bond motifs is 1. The Morgan fingerprint density at radius 1 is 1.36 bits per heavy atom. The van der Waals surface area contributed by atoms with E-state index < -0.39 is 11.7 Å². The molecule has 0 aromatic carbocycles. The molecule has 0 aliphatic rings. The lowest BCUT2D eigenvalue weighted by Crippen LogP contribution is -2.03. The molecule has 0 atom stereocenters. The van der Waals surface area contributed by atoms with E-state index in [9.17, 15) is 13.2 Å². The van der Waals surface area contributed by atoms with Gasteiger partial charge in [-0.2, -0.15) is 13.2 Å². The van der Waals surface area contributed by atoms with E-state index in [0.717, 1.165) is 6.20 Å². The summed E-state index contributed by atoms with van der Waals surface area (Å²) in [6.07, 6.45) is -1.98. The van der Waals surface area contributed by atoms with Gasteiger partial charge in [0.25, 0.3) is 0 Å². The predicted octanol–water partition coefficient (Wildman–Crippen LogP) is 3.34. The predicted molar refractivity (Wildman–Crippen MR) is 48.8 cm³/mol. The number of pyridine rings is 1. The zero-order chi connectivity index (χ0) is 10.3. The fourth-order valence-electron chi connectivity index (χ4n) is 1.21. The van der Waals surface area contributed by atoms with Gasteiger partial charge >= 0.3 is 6.18 Å². The normalized spacial score (nSPS) is 12.3. The molecular formula is C8H4BrF3N2. The van der Waals surface area contributed by atoms with Crippen molar-refractivity contribution in [3.05, 3.63) is 28.5 Å². The van der Waals surface area contributed by atoms with Crippen LogP contribution >= 0.6 is 15.9 Å². The van der Waals surface area contributed by atoms with E-state index in [-0.39, 0.29) is 11.0 Å². The molecule has 2 rings (SSSR count). The molecule has 0 spiro atoms. The lowest BCUT2D eigenvalue weighted by Gasteiger charge is -2.03. The van der Waals surface area contributed by atoms with Gasteiger partial charge in [-0.1, -0.05) is 0 Å². The molecule has 0 saturated carbocycles. The van der Waals surface area contributed by atoms with E-state index in [4.69, 9.17) is 0 Å². The topological polar surface area (TPSA) is 28.7 Å². The summed E-state index contributed by atoms with van der Waals surface area (Å²) < 4.78 is 37.8. The van der Waals surface area contributed by atoms with E-state index in [1.54, 1.807) is 0 Å². The second-order valence-electron chi connectivity index (χ2n) is 2.75. The van der Waals surface area contributed by atoms with Crippen LogP contribution in [-0.4, -0.2) is 9.97 Å². The van der Waals surface area contributed by atoms with Gasteiger partial charge in [-0.15, -0.1) is 0 Å². The Morgan fingerprint density at radius 3 is 2.71 bits per heavy atom. The van der Waals surface area contributed by atoms with Crippen LogP contribution in [0.5, 0.6) is 0 Å². The highest BCUT2D eigenvalue weighted by Gasteiger charge is 2.33. The summed E-state index contributed by atoms with van der Waals surface area (Å²) in [4.78, 5) is 6.28. The Morgan fingerprint density at radius 2 is 2.07 bits per heavy atom. The molecule has 14 heavy (non-hydrogen) atoms. The highest BCUT2D eigenvalue weighted by atomic mass is 79.9. The molecule has 74 valence electrons. The SMILES string of the molecule is FC(F)(F)c1c[nH]c2ncc(Br)cc12. The Bertz CT molecular complexity index is 475. The Labute approximate surface area is 85.3 Å². The molecule has 2 aromatic heterocycles. The number of aromatic nitrogens is 2. The van der Waals surface area contributed by atoms with Crippen LogP contribution in [0.25, 0.3) is 11.0 Å². The second-order valence-corrected chi connectivity index (χ2v) is 3.67. The number of halogens is 4. The molecule has 0 radical (unpaired) electrons. The molecule has 2 aromatic rings. The number of alkyl halides is 3. The average molecular weight is 265 g/mol. The van der Waals surface area contributed by atoms with Gasteiger partial charge in [-0.3, -0.25) is 0 Å². The van der Waals surface area contributed by atoms with Crippen molar-refractivity contribution in [2.24, 2.45) is 0 Å². The smallest absolute Gasteiger partial charge is 0.346 e. The molecule has 6 heteroatoms. The van der Waals surface area contributed by atoms with Crippen LogP contribution in [0.3, 0.4) is 0 Å². The number of H-pyrrole nitrogens is 1. The molecule has 0 bridgehead atoms. The highest BCUT2D eigenvalue weighted by molar-refractivity contribution is 9.10. The van der Waals surface area contributed by atoms with Crippen LogP contribution in [0.1, 0.15) is 5.56 Å². The third kappa shape index (κ3) is 1.50. The number of hydrogen-bond donors (Lipinski definition) is 1. The van der Waals surface area contributed by atoms with Gasteiger partial charge < -0.3 is 4.98 Å². The Kier molecular flexibility index (Phi) is 2.02. The maximum atomic E-state index is 12.4. The Hall–Kier alpha value is -1.04. The lowest BCUT2D eigenvalue weighted by molar-refractivity contribution is -0.136. The number of aromatic amines is 1. The molecular weight excluding hydrogens is 261 g/mol. The largest absolute Gasteiger partial charge is 0.418 e. The average Bonchev–Trinajstić information content (AvgIpc) is 2.45. The highest BCUT2D eigenvalue weighted by Crippen LogP contribution is 2.34. The van der Waals surface area contributed by atoms with Gasteiger partial charge in [-0.05, 0) is 22.0 Å². The van der Waals surface area contributed by atoms with Gasteiger partial charge in [-0.25, -0.2) is 4.98 Å². The van der Waals surface area contributed by atoms with Gasteiger partial charge in [0.2, 0.25) is 0 Å². The van der Waals surface area contributed by atoms with Crippen LogP contribution in [-0.2, 0) is 6.18 Å². The van der Waals surface area contributed by atoms with Crippen LogP contribution in [0, 0.1) is 0 Å². The van der Waals surface area contributed by atoms with Crippen molar-refractivity contribution in [2.45, 2.75) is 6.18 Å².